The summed E-state index contributed by atoms with van der Waals surface area (Å²) in [6.45, 7) is 5.70. The van der Waals surface area contributed by atoms with Crippen molar-refractivity contribution in [1.82, 2.24) is 10.6 Å². The van der Waals surface area contributed by atoms with Gasteiger partial charge in [-0.1, -0.05) is 0 Å². The first-order valence-electron chi connectivity index (χ1n) is 6.96. The molecule has 1 aliphatic carbocycles. The maximum atomic E-state index is 13.2. The second-order valence-electron chi connectivity index (χ2n) is 6.73. The van der Waals surface area contributed by atoms with Gasteiger partial charge < -0.3 is 15.4 Å². The zero-order chi connectivity index (χ0) is 17.2. The lowest BCUT2D eigenvalue weighted by Gasteiger charge is -2.25. The number of nitrogens with zero attached hydrogens (tertiary/aromatic N) is 1. The fraction of sp³-hybridized carbons (Fsp3) is 0.786. The van der Waals surface area contributed by atoms with E-state index in [1.165, 1.54) is 0 Å². The summed E-state index contributed by atoms with van der Waals surface area (Å²) in [7, 11) is 0. The molecule has 0 aliphatic heterocycles. The number of halogens is 2. The van der Waals surface area contributed by atoms with E-state index in [2.05, 4.69) is 10.6 Å². The second kappa shape index (κ2) is 6.07. The van der Waals surface area contributed by atoms with Gasteiger partial charge in [0, 0.05) is 5.54 Å². The Bertz CT molecular complexity index is 485. The number of ether oxygens (including phenoxy) is 1. The van der Waals surface area contributed by atoms with E-state index in [9.17, 15) is 18.4 Å². The summed E-state index contributed by atoms with van der Waals surface area (Å²) in [6, 6.07) is 1.92. The van der Waals surface area contributed by atoms with E-state index in [4.69, 9.17) is 10.00 Å². The number of carbonyl (C=O) groups excluding carboxylic acids is 2. The first-order chi connectivity index (χ1) is 9.86. The van der Waals surface area contributed by atoms with Crippen molar-refractivity contribution >= 4 is 12.0 Å². The van der Waals surface area contributed by atoms with Crippen LogP contribution in [0.2, 0.25) is 0 Å². The summed E-state index contributed by atoms with van der Waals surface area (Å²) in [5, 5.41) is 13.7. The molecule has 0 aromatic rings. The molecule has 0 bridgehead atoms. The van der Waals surface area contributed by atoms with Crippen molar-refractivity contribution in [3.05, 3.63) is 0 Å². The van der Waals surface area contributed by atoms with E-state index in [-0.39, 0.29) is 0 Å². The van der Waals surface area contributed by atoms with E-state index in [1.54, 1.807) is 20.8 Å². The van der Waals surface area contributed by atoms with Crippen LogP contribution >= 0.6 is 0 Å². The van der Waals surface area contributed by atoms with E-state index in [1.807, 2.05) is 6.07 Å². The average molecular weight is 317 g/mol. The van der Waals surface area contributed by atoms with Gasteiger partial charge in [0.25, 0.3) is 5.91 Å². The Labute approximate surface area is 128 Å². The number of nitrogens with one attached hydrogen (secondary N) is 2. The van der Waals surface area contributed by atoms with E-state index >= 15 is 0 Å². The fourth-order valence-electron chi connectivity index (χ4n) is 1.68. The Morgan fingerprint density at radius 2 is 1.86 bits per heavy atom. The normalized spacial score (nSPS) is 17.9. The standard InChI is InChI=1S/C14H21F2N3O3/c1-12(2,3)19-11(21)22-9(7-13(4,15)16)10(20)18-14(8-17)5-6-14/h9H,5-7H2,1-4H3,(H,18,20)(H,19,21)/t9-/m0/s1. The molecule has 0 spiro atoms. The zero-order valence-corrected chi connectivity index (χ0v) is 13.1. The molecule has 0 radical (unpaired) electrons. The molecular weight excluding hydrogens is 296 g/mol. The van der Waals surface area contributed by atoms with Crippen molar-refractivity contribution < 1.29 is 23.1 Å². The van der Waals surface area contributed by atoms with Gasteiger partial charge in [-0.15, -0.1) is 0 Å². The smallest absolute Gasteiger partial charge is 0.408 e. The van der Waals surface area contributed by atoms with Crippen molar-refractivity contribution in [2.45, 2.75) is 70.1 Å². The molecule has 1 fully saturated rings. The lowest BCUT2D eigenvalue weighted by molar-refractivity contribution is -0.135. The Balaban J connectivity index is 2.73. The molecule has 0 saturated heterocycles. The molecule has 0 aromatic carbocycles. The van der Waals surface area contributed by atoms with Gasteiger partial charge in [-0.2, -0.15) is 5.26 Å². The predicted octanol–water partition coefficient (Wildman–Crippen LogP) is 2.10. The summed E-state index contributed by atoms with van der Waals surface area (Å²) in [6.07, 6.45) is -2.65. The summed E-state index contributed by atoms with van der Waals surface area (Å²) in [5.41, 5.74) is -1.64. The van der Waals surface area contributed by atoms with E-state index < -0.39 is 41.5 Å². The lowest BCUT2D eigenvalue weighted by Crippen LogP contribution is -2.49. The molecule has 1 rings (SSSR count). The molecule has 2 amide bonds. The highest BCUT2D eigenvalue weighted by atomic mass is 19.3. The van der Waals surface area contributed by atoms with E-state index in [0.29, 0.717) is 19.8 Å². The van der Waals surface area contributed by atoms with Crippen molar-refractivity contribution in [3.63, 3.8) is 0 Å². The molecule has 2 N–H and O–H groups in total. The quantitative estimate of drug-likeness (QED) is 0.812. The highest BCUT2D eigenvalue weighted by Gasteiger charge is 2.47. The maximum absolute atomic E-state index is 13.2. The Kier molecular flexibility index (Phi) is 5.00. The monoisotopic (exact) mass is 317 g/mol. The van der Waals surface area contributed by atoms with Gasteiger partial charge in [0.1, 0.15) is 5.54 Å². The van der Waals surface area contributed by atoms with Crippen LogP contribution < -0.4 is 10.6 Å². The lowest BCUT2D eigenvalue weighted by atomic mass is 10.1. The topological polar surface area (TPSA) is 91.2 Å². The zero-order valence-electron chi connectivity index (χ0n) is 13.1. The van der Waals surface area contributed by atoms with Crippen LogP contribution in [-0.2, 0) is 9.53 Å². The summed E-state index contributed by atoms with van der Waals surface area (Å²) >= 11 is 0. The van der Waals surface area contributed by atoms with Gasteiger partial charge in [0.2, 0.25) is 5.92 Å². The molecule has 0 heterocycles. The number of carbonyl (C=O) groups is 2. The number of alkyl carbamates (subject to hydrolysis) is 1. The largest absolute Gasteiger partial charge is 0.436 e. The highest BCUT2D eigenvalue weighted by Crippen LogP contribution is 2.34. The number of hydrogen-bond donors (Lipinski definition) is 2. The molecular formula is C14H21F2N3O3. The van der Waals surface area contributed by atoms with Crippen LogP contribution in [0, 0.1) is 11.3 Å². The minimum absolute atomic E-state index is 0.457. The Morgan fingerprint density at radius 1 is 1.32 bits per heavy atom. The molecule has 6 nitrogen and oxygen atoms in total. The van der Waals surface area contributed by atoms with Gasteiger partial charge in [-0.25, -0.2) is 13.6 Å². The number of hydrogen-bond acceptors (Lipinski definition) is 4. The third-order valence-corrected chi connectivity index (χ3v) is 2.89. The Morgan fingerprint density at radius 3 is 2.23 bits per heavy atom. The van der Waals surface area contributed by atoms with Gasteiger partial charge >= 0.3 is 6.09 Å². The van der Waals surface area contributed by atoms with Crippen LogP contribution in [0.4, 0.5) is 13.6 Å². The average Bonchev–Trinajstić information content (AvgIpc) is 3.04. The van der Waals surface area contributed by atoms with Gasteiger partial charge in [0.05, 0.1) is 12.5 Å². The summed E-state index contributed by atoms with van der Waals surface area (Å²) < 4.78 is 31.2. The predicted molar refractivity (Wildman–Crippen MR) is 74.1 cm³/mol. The second-order valence-corrected chi connectivity index (χ2v) is 6.73. The van der Waals surface area contributed by atoms with Gasteiger partial charge in [-0.05, 0) is 40.5 Å². The van der Waals surface area contributed by atoms with Crippen LogP contribution in [0.5, 0.6) is 0 Å². The number of nitriles is 1. The number of rotatable bonds is 5. The molecule has 124 valence electrons. The van der Waals surface area contributed by atoms with E-state index in [0.717, 1.165) is 0 Å². The van der Waals surface area contributed by atoms with Crippen molar-refractivity contribution in [3.8, 4) is 6.07 Å². The SMILES string of the molecule is CC(F)(F)C[C@H](OC(=O)NC(C)(C)C)C(=O)NC1(C#N)CC1. The molecule has 1 aliphatic rings. The molecule has 1 saturated carbocycles. The Hall–Kier alpha value is -1.91. The number of alkyl halides is 2. The summed E-state index contributed by atoms with van der Waals surface area (Å²) in [5.74, 6) is -4.07. The van der Waals surface area contributed by atoms with Crippen molar-refractivity contribution in [2.24, 2.45) is 0 Å². The maximum Gasteiger partial charge on any atom is 0.408 e. The third-order valence-electron chi connectivity index (χ3n) is 2.89. The van der Waals surface area contributed by atoms with Crippen LogP contribution in [0.3, 0.4) is 0 Å². The van der Waals surface area contributed by atoms with Crippen LogP contribution in [-0.4, -0.2) is 35.1 Å². The first-order valence-corrected chi connectivity index (χ1v) is 6.96. The van der Waals surface area contributed by atoms with Crippen LogP contribution in [0.1, 0.15) is 47.0 Å². The first kappa shape index (κ1) is 18.1. The molecule has 8 heteroatoms. The molecule has 22 heavy (non-hydrogen) atoms. The van der Waals surface area contributed by atoms with Crippen molar-refractivity contribution in [2.75, 3.05) is 0 Å². The van der Waals surface area contributed by atoms with Gasteiger partial charge in [0.15, 0.2) is 6.10 Å². The third kappa shape index (κ3) is 6.24. The summed E-state index contributed by atoms with van der Waals surface area (Å²) in [4.78, 5) is 23.7. The fourth-order valence-corrected chi connectivity index (χ4v) is 1.68. The molecule has 0 aromatic heterocycles. The minimum Gasteiger partial charge on any atom is -0.436 e. The van der Waals surface area contributed by atoms with Crippen molar-refractivity contribution in [1.29, 1.82) is 5.26 Å². The molecule has 0 unspecified atom stereocenters. The highest BCUT2D eigenvalue weighted by molar-refractivity contribution is 5.85. The molecule has 1 atom stereocenters. The van der Waals surface area contributed by atoms with Gasteiger partial charge in [-0.3, -0.25) is 4.79 Å². The van der Waals surface area contributed by atoms with Crippen LogP contribution in [0.15, 0.2) is 0 Å². The van der Waals surface area contributed by atoms with Crippen LogP contribution in [0.25, 0.3) is 0 Å². The minimum atomic E-state index is -3.19. The number of amides is 2.